The van der Waals surface area contributed by atoms with E-state index in [0.717, 1.165) is 12.8 Å². The van der Waals surface area contributed by atoms with E-state index in [9.17, 15) is 9.00 Å². The number of carbonyl (C=O) groups excluding carboxylic acids is 1. The van der Waals surface area contributed by atoms with Crippen molar-refractivity contribution >= 4 is 32.8 Å². The lowest BCUT2D eigenvalue weighted by Crippen LogP contribution is -2.44. The smallest absolute Gasteiger partial charge is 0.410 e. The van der Waals surface area contributed by atoms with Crippen molar-refractivity contribution in [3.8, 4) is 0 Å². The topological polar surface area (TPSA) is 59.5 Å². The first-order valence-electron chi connectivity index (χ1n) is 7.73. The molecular formula is C16H23BrN2O3S. The summed E-state index contributed by atoms with van der Waals surface area (Å²) in [5, 5.41) is 0.578. The fraction of sp³-hybridized carbons (Fsp3) is 0.625. The van der Waals surface area contributed by atoms with Crippen molar-refractivity contribution in [2.45, 2.75) is 44.2 Å². The van der Waals surface area contributed by atoms with Gasteiger partial charge >= 0.3 is 6.09 Å². The Hall–Kier alpha value is -0.950. The molecule has 7 heteroatoms. The van der Waals surface area contributed by atoms with Crippen molar-refractivity contribution in [2.24, 2.45) is 5.92 Å². The van der Waals surface area contributed by atoms with Crippen molar-refractivity contribution in [3.05, 3.63) is 22.8 Å². The van der Waals surface area contributed by atoms with E-state index in [0.29, 0.717) is 28.5 Å². The van der Waals surface area contributed by atoms with E-state index >= 15 is 0 Å². The van der Waals surface area contributed by atoms with Crippen LogP contribution in [0.4, 0.5) is 4.79 Å². The van der Waals surface area contributed by atoms with Crippen molar-refractivity contribution in [2.75, 3.05) is 18.8 Å². The minimum atomic E-state index is -1.16. The van der Waals surface area contributed by atoms with E-state index in [1.165, 1.54) is 0 Å². The van der Waals surface area contributed by atoms with Gasteiger partial charge in [-0.25, -0.2) is 9.78 Å². The van der Waals surface area contributed by atoms with Gasteiger partial charge in [0.2, 0.25) is 0 Å². The van der Waals surface area contributed by atoms with Crippen molar-refractivity contribution in [1.29, 1.82) is 0 Å². The molecule has 1 aromatic heterocycles. The average molecular weight is 403 g/mol. The Labute approximate surface area is 148 Å². The van der Waals surface area contributed by atoms with Crippen LogP contribution < -0.4 is 0 Å². The van der Waals surface area contributed by atoms with E-state index in [2.05, 4.69) is 20.9 Å². The third-order valence-corrected chi connectivity index (χ3v) is 5.39. The predicted molar refractivity (Wildman–Crippen MR) is 93.7 cm³/mol. The van der Waals surface area contributed by atoms with Gasteiger partial charge in [-0.3, -0.25) is 4.21 Å². The molecule has 1 aliphatic rings. The Morgan fingerprint density at radius 1 is 1.48 bits per heavy atom. The van der Waals surface area contributed by atoms with Crippen LogP contribution in [0, 0.1) is 5.92 Å². The number of nitrogens with zero attached hydrogens (tertiary/aromatic N) is 2. The van der Waals surface area contributed by atoms with Gasteiger partial charge in [0.1, 0.15) is 15.2 Å². The number of pyridine rings is 1. The van der Waals surface area contributed by atoms with Gasteiger partial charge < -0.3 is 9.64 Å². The summed E-state index contributed by atoms with van der Waals surface area (Å²) in [6.45, 7) is 6.88. The molecular weight excluding hydrogens is 380 g/mol. The van der Waals surface area contributed by atoms with Gasteiger partial charge in [-0.2, -0.15) is 0 Å². The molecule has 23 heavy (non-hydrogen) atoms. The molecule has 128 valence electrons. The van der Waals surface area contributed by atoms with Crippen LogP contribution in [0.15, 0.2) is 27.8 Å². The van der Waals surface area contributed by atoms with Crippen LogP contribution in [0.5, 0.6) is 0 Å². The number of carbonyl (C=O) groups is 1. The molecule has 1 amide bonds. The Morgan fingerprint density at radius 3 is 2.87 bits per heavy atom. The van der Waals surface area contributed by atoms with Crippen molar-refractivity contribution in [3.63, 3.8) is 0 Å². The second-order valence-electron chi connectivity index (χ2n) is 6.75. The van der Waals surface area contributed by atoms with Crippen LogP contribution in [0.2, 0.25) is 0 Å². The number of halogens is 1. The number of hydrogen-bond donors (Lipinski definition) is 0. The number of rotatable bonds is 3. The quantitative estimate of drug-likeness (QED) is 0.724. The minimum absolute atomic E-state index is 0.206. The second-order valence-corrected chi connectivity index (χ2v) is 9.00. The lowest BCUT2D eigenvalue weighted by molar-refractivity contribution is 0.0176. The second kappa shape index (κ2) is 7.75. The molecule has 0 unspecified atom stereocenters. The summed E-state index contributed by atoms with van der Waals surface area (Å²) in [6.07, 6.45) is 1.60. The Balaban J connectivity index is 1.93. The van der Waals surface area contributed by atoms with Gasteiger partial charge in [-0.1, -0.05) is 6.07 Å². The van der Waals surface area contributed by atoms with E-state index in [1.54, 1.807) is 11.0 Å². The van der Waals surface area contributed by atoms with Crippen LogP contribution >= 0.6 is 15.9 Å². The molecule has 1 aromatic rings. The van der Waals surface area contributed by atoms with E-state index < -0.39 is 16.4 Å². The molecule has 0 aliphatic carbocycles. The summed E-state index contributed by atoms with van der Waals surface area (Å²) >= 11 is 3.30. The molecule has 0 saturated carbocycles. The number of piperidine rings is 1. The SMILES string of the molecule is CC(C)(C)OC(=O)N1CCC[C@@H](C[S@@](=O)c2cccc(Br)n2)C1. The van der Waals surface area contributed by atoms with Crippen LogP contribution in [-0.2, 0) is 15.5 Å². The summed E-state index contributed by atoms with van der Waals surface area (Å²) in [5.74, 6) is 0.723. The van der Waals surface area contributed by atoms with Crippen molar-refractivity contribution in [1.82, 2.24) is 9.88 Å². The van der Waals surface area contributed by atoms with E-state index in [1.807, 2.05) is 32.9 Å². The summed E-state index contributed by atoms with van der Waals surface area (Å²) in [7, 11) is -1.16. The molecule has 2 rings (SSSR count). The molecule has 0 aromatic carbocycles. The van der Waals surface area contributed by atoms with Crippen LogP contribution in [0.25, 0.3) is 0 Å². The first-order chi connectivity index (χ1) is 10.7. The maximum atomic E-state index is 12.5. The zero-order valence-corrected chi connectivity index (χ0v) is 16.2. The molecule has 1 saturated heterocycles. The normalized spacial score (nSPS) is 20.2. The zero-order valence-electron chi connectivity index (χ0n) is 13.8. The van der Waals surface area contributed by atoms with E-state index in [-0.39, 0.29) is 12.0 Å². The van der Waals surface area contributed by atoms with Gasteiger partial charge in [-0.15, -0.1) is 0 Å². The number of hydrogen-bond acceptors (Lipinski definition) is 4. The predicted octanol–water partition coefficient (Wildman–Crippen LogP) is 3.60. The lowest BCUT2D eigenvalue weighted by atomic mass is 10.0. The highest BCUT2D eigenvalue weighted by atomic mass is 79.9. The first kappa shape index (κ1) is 18.4. The summed E-state index contributed by atoms with van der Waals surface area (Å²) in [5.41, 5.74) is -0.493. The Morgan fingerprint density at radius 2 is 2.22 bits per heavy atom. The maximum absolute atomic E-state index is 12.5. The van der Waals surface area contributed by atoms with E-state index in [4.69, 9.17) is 4.74 Å². The summed E-state index contributed by atoms with van der Waals surface area (Å²) in [6, 6.07) is 5.42. The van der Waals surface area contributed by atoms with Gasteiger partial charge in [0.15, 0.2) is 0 Å². The summed E-state index contributed by atoms with van der Waals surface area (Å²) < 4.78 is 18.6. The highest BCUT2D eigenvalue weighted by Crippen LogP contribution is 2.22. The molecule has 2 heterocycles. The highest BCUT2D eigenvalue weighted by molar-refractivity contribution is 9.10. The molecule has 0 bridgehead atoms. The molecule has 2 atom stereocenters. The van der Waals surface area contributed by atoms with Gasteiger partial charge in [0, 0.05) is 18.8 Å². The van der Waals surface area contributed by atoms with Crippen molar-refractivity contribution < 1.29 is 13.7 Å². The number of aromatic nitrogens is 1. The lowest BCUT2D eigenvalue weighted by Gasteiger charge is -2.33. The van der Waals surface area contributed by atoms with Gasteiger partial charge in [-0.05, 0) is 67.6 Å². The number of ether oxygens (including phenoxy) is 1. The fourth-order valence-electron chi connectivity index (χ4n) is 2.51. The minimum Gasteiger partial charge on any atom is -0.444 e. The molecule has 1 fully saturated rings. The van der Waals surface area contributed by atoms with Crippen LogP contribution in [0.1, 0.15) is 33.6 Å². The standard InChI is InChI=1S/C16H23BrN2O3S/c1-16(2,3)22-15(20)19-9-5-6-12(10-19)11-23(21)14-8-4-7-13(17)18-14/h4,7-8,12H,5-6,9-11H2,1-3H3/t12-,23-/m1/s1. The largest absolute Gasteiger partial charge is 0.444 e. The monoisotopic (exact) mass is 402 g/mol. The third-order valence-electron chi connectivity index (χ3n) is 3.48. The fourth-order valence-corrected chi connectivity index (χ4v) is 4.27. The number of likely N-dealkylation sites (tertiary alicyclic amines) is 1. The molecule has 0 spiro atoms. The average Bonchev–Trinajstić information content (AvgIpc) is 2.45. The van der Waals surface area contributed by atoms with Gasteiger partial charge in [0.05, 0.1) is 10.8 Å². The van der Waals surface area contributed by atoms with Crippen LogP contribution in [0.3, 0.4) is 0 Å². The Bertz CT molecular complexity index is 589. The third kappa shape index (κ3) is 5.88. The van der Waals surface area contributed by atoms with Crippen LogP contribution in [-0.4, -0.2) is 44.6 Å². The number of amides is 1. The highest BCUT2D eigenvalue weighted by Gasteiger charge is 2.28. The molecule has 0 radical (unpaired) electrons. The molecule has 0 N–H and O–H groups in total. The Kier molecular flexibility index (Phi) is 6.19. The maximum Gasteiger partial charge on any atom is 0.410 e. The molecule has 1 aliphatic heterocycles. The molecule has 5 nitrogen and oxygen atoms in total. The zero-order chi connectivity index (χ0) is 17.0. The summed E-state index contributed by atoms with van der Waals surface area (Å²) in [4.78, 5) is 18.1. The van der Waals surface area contributed by atoms with Gasteiger partial charge in [0.25, 0.3) is 0 Å². The first-order valence-corrected chi connectivity index (χ1v) is 9.84.